The molecule has 5 rings (SSSR count). The van der Waals surface area contributed by atoms with Gasteiger partial charge >= 0.3 is 6.18 Å². The lowest BCUT2D eigenvalue weighted by atomic mass is 9.95. The fraction of sp³-hybridized carbons (Fsp3) is 0.452. The van der Waals surface area contributed by atoms with Crippen molar-refractivity contribution in [1.29, 1.82) is 0 Å². The van der Waals surface area contributed by atoms with Gasteiger partial charge in [-0.25, -0.2) is 0 Å². The third-order valence-electron chi connectivity index (χ3n) is 7.85. The maximum atomic E-state index is 12.8. The molecule has 0 atom stereocenters. The van der Waals surface area contributed by atoms with Gasteiger partial charge in [0.1, 0.15) is 0 Å². The van der Waals surface area contributed by atoms with E-state index in [0.717, 1.165) is 54.1 Å². The lowest BCUT2D eigenvalue weighted by molar-refractivity contribution is -0.137. The summed E-state index contributed by atoms with van der Waals surface area (Å²) in [4.78, 5) is 29.4. The molecule has 1 saturated heterocycles. The minimum absolute atomic E-state index is 0.116. The van der Waals surface area contributed by atoms with Crippen molar-refractivity contribution in [2.24, 2.45) is 11.8 Å². The fourth-order valence-electron chi connectivity index (χ4n) is 5.20. The molecule has 1 aliphatic carbocycles. The Morgan fingerprint density at radius 3 is 2.42 bits per heavy atom. The van der Waals surface area contributed by atoms with Crippen molar-refractivity contribution < 1.29 is 27.5 Å². The normalized spacial score (nSPS) is 17.2. The first-order valence-corrected chi connectivity index (χ1v) is 13.9. The number of nitrogens with zero attached hydrogens (tertiary/aromatic N) is 2. The van der Waals surface area contributed by atoms with Crippen LogP contribution in [0.5, 0.6) is 0 Å². The maximum absolute atomic E-state index is 12.8. The van der Waals surface area contributed by atoms with Crippen LogP contribution in [0.15, 0.2) is 42.6 Å². The van der Waals surface area contributed by atoms with Crippen molar-refractivity contribution >= 4 is 23.7 Å². The van der Waals surface area contributed by atoms with E-state index in [9.17, 15) is 22.8 Å². The number of halogens is 3. The van der Waals surface area contributed by atoms with Crippen LogP contribution in [0.1, 0.15) is 57.5 Å². The van der Waals surface area contributed by atoms with Crippen molar-refractivity contribution in [3.63, 3.8) is 0 Å². The van der Waals surface area contributed by atoms with Gasteiger partial charge in [0.25, 0.3) is 11.8 Å². The molecule has 0 aromatic heterocycles. The molecule has 212 valence electrons. The molecule has 2 fully saturated rings. The number of likely N-dealkylation sites (tertiary alicyclic amines) is 1. The van der Waals surface area contributed by atoms with Crippen molar-refractivity contribution in [2.75, 3.05) is 39.4 Å². The number of nitrogens with one attached hydrogen (secondary N) is 1. The van der Waals surface area contributed by atoms with Crippen molar-refractivity contribution in [3.05, 3.63) is 75.3 Å². The molecule has 0 spiro atoms. The van der Waals surface area contributed by atoms with Crippen molar-refractivity contribution in [3.8, 4) is 0 Å². The zero-order valence-electron chi connectivity index (χ0n) is 22.6. The maximum Gasteiger partial charge on any atom is 0.416 e. The molecule has 1 N–H and O–H groups in total. The Morgan fingerprint density at radius 2 is 1.75 bits per heavy atom. The van der Waals surface area contributed by atoms with E-state index in [4.69, 9.17) is 4.74 Å². The summed E-state index contributed by atoms with van der Waals surface area (Å²) in [7, 11) is 0. The van der Waals surface area contributed by atoms with Gasteiger partial charge in [-0.1, -0.05) is 5.73 Å². The second-order valence-electron chi connectivity index (χ2n) is 10.9. The first kappa shape index (κ1) is 28.0. The van der Waals surface area contributed by atoms with E-state index >= 15 is 0 Å². The van der Waals surface area contributed by atoms with Crippen molar-refractivity contribution in [2.45, 2.75) is 38.8 Å². The van der Waals surface area contributed by atoms with Crippen LogP contribution in [0.4, 0.5) is 13.2 Å². The summed E-state index contributed by atoms with van der Waals surface area (Å²) in [5.74, 6) is 0.684. The number of hydrogen-bond donors (Lipinski definition) is 1. The van der Waals surface area contributed by atoms with Gasteiger partial charge < -0.3 is 19.9 Å². The molecule has 2 amide bonds. The number of rotatable bonds is 9. The predicted octanol–water partition coefficient (Wildman–Crippen LogP) is 3.67. The van der Waals surface area contributed by atoms with E-state index in [-0.39, 0.29) is 17.4 Å². The Balaban J connectivity index is 1.15. The summed E-state index contributed by atoms with van der Waals surface area (Å²) in [6, 6.07) is 8.15. The molecule has 2 aliphatic heterocycles. The minimum Gasteiger partial charge on any atom is -0.379 e. The Bertz CT molecular complexity index is 1400. The summed E-state index contributed by atoms with van der Waals surface area (Å²) < 4.78 is 44.1. The van der Waals surface area contributed by atoms with Gasteiger partial charge in [0.2, 0.25) is 0 Å². The van der Waals surface area contributed by atoms with Crippen LogP contribution >= 0.6 is 0 Å². The number of amides is 2. The van der Waals surface area contributed by atoms with E-state index in [0.29, 0.717) is 43.6 Å². The largest absolute Gasteiger partial charge is 0.416 e. The molecule has 0 unspecified atom stereocenters. The summed E-state index contributed by atoms with van der Waals surface area (Å²) in [5, 5.41) is 4.86. The number of fused-ring (bicyclic) bond motifs is 1. The van der Waals surface area contributed by atoms with Gasteiger partial charge in [0.15, 0.2) is 0 Å². The Labute approximate surface area is 231 Å². The molecular formula is C31H34F3N3O3. The lowest BCUT2D eigenvalue weighted by Gasteiger charge is -2.34. The SMILES string of the molecule is Cc1c(C(=O)NCCOCC2CC2)ccc2c1=CN(CC1CCN(C(=O)c3ccc(C(F)(F)F)cc3)CC1)C=C=2. The van der Waals surface area contributed by atoms with Crippen LogP contribution in [0.3, 0.4) is 0 Å². The van der Waals surface area contributed by atoms with Crippen LogP contribution in [0, 0.1) is 18.8 Å². The second kappa shape index (κ2) is 11.9. The number of ether oxygens (including phenoxy) is 1. The molecule has 1 saturated carbocycles. The number of carbonyl (C=O) groups is 2. The molecule has 6 nitrogen and oxygen atoms in total. The molecule has 0 radical (unpaired) electrons. The second-order valence-corrected chi connectivity index (χ2v) is 10.9. The van der Waals surface area contributed by atoms with E-state index in [1.165, 1.54) is 25.0 Å². The van der Waals surface area contributed by atoms with Gasteiger partial charge in [-0.15, -0.1) is 0 Å². The third kappa shape index (κ3) is 6.77. The average Bonchev–Trinajstić information content (AvgIpc) is 3.77. The number of hydrogen-bond acceptors (Lipinski definition) is 4. The van der Waals surface area contributed by atoms with E-state index in [2.05, 4.69) is 22.1 Å². The van der Waals surface area contributed by atoms with Gasteiger partial charge in [-0.05, 0) is 86.4 Å². The highest BCUT2D eigenvalue weighted by Crippen LogP contribution is 2.30. The first-order chi connectivity index (χ1) is 19.2. The highest BCUT2D eigenvalue weighted by atomic mass is 19.4. The fourth-order valence-corrected chi connectivity index (χ4v) is 5.20. The van der Waals surface area contributed by atoms with Crippen molar-refractivity contribution in [1.82, 2.24) is 15.1 Å². The zero-order chi connectivity index (χ0) is 28.3. The Morgan fingerprint density at radius 1 is 1.02 bits per heavy atom. The topological polar surface area (TPSA) is 61.9 Å². The van der Waals surface area contributed by atoms with Crippen LogP contribution in [-0.2, 0) is 10.9 Å². The summed E-state index contributed by atoms with van der Waals surface area (Å²) in [5.41, 5.74) is 4.37. The summed E-state index contributed by atoms with van der Waals surface area (Å²) >= 11 is 0. The van der Waals surface area contributed by atoms with Crippen LogP contribution in [0.25, 0.3) is 11.9 Å². The van der Waals surface area contributed by atoms with Gasteiger partial charge in [-0.3, -0.25) is 9.59 Å². The number of benzene rings is 2. The molecule has 2 aromatic carbocycles. The van der Waals surface area contributed by atoms with Crippen LogP contribution in [-0.4, -0.2) is 61.0 Å². The lowest BCUT2D eigenvalue weighted by Crippen LogP contribution is -2.41. The Kier molecular flexibility index (Phi) is 8.33. The standard InChI is InChI=1S/C31H34F3N3O3/c1-21-27(29(38)35-13-17-40-20-23-2-3-23)9-6-24-12-14-36(19-28(21)24)18-22-10-15-37(16-11-22)30(39)25-4-7-26(8-5-25)31(32,33)34/h4-9,14,19,22-23H,2-3,10-11,13,15-18,20H2,1H3,(H,35,38). The van der Waals surface area contributed by atoms with E-state index in [1.54, 1.807) is 4.90 Å². The number of piperidine rings is 1. The molecule has 3 aliphatic rings. The molecule has 40 heavy (non-hydrogen) atoms. The van der Waals surface area contributed by atoms with E-state index < -0.39 is 11.7 Å². The summed E-state index contributed by atoms with van der Waals surface area (Å²) in [6.45, 7) is 5.57. The molecule has 9 heteroatoms. The molecule has 0 bridgehead atoms. The number of alkyl halides is 3. The highest BCUT2D eigenvalue weighted by Gasteiger charge is 2.31. The summed E-state index contributed by atoms with van der Waals surface area (Å²) in [6.07, 6.45) is 3.61. The van der Waals surface area contributed by atoms with Gasteiger partial charge in [-0.2, -0.15) is 13.2 Å². The van der Waals surface area contributed by atoms with Gasteiger partial charge in [0, 0.05) is 66.8 Å². The van der Waals surface area contributed by atoms with Crippen LogP contribution in [0.2, 0.25) is 0 Å². The van der Waals surface area contributed by atoms with Crippen LogP contribution < -0.4 is 15.8 Å². The molecular weight excluding hydrogens is 519 g/mol. The first-order valence-electron chi connectivity index (χ1n) is 13.9. The highest BCUT2D eigenvalue weighted by molar-refractivity contribution is 5.95. The smallest absolute Gasteiger partial charge is 0.379 e. The quantitative estimate of drug-likeness (QED) is 0.482. The predicted molar refractivity (Wildman–Crippen MR) is 146 cm³/mol. The van der Waals surface area contributed by atoms with E-state index in [1.807, 2.05) is 25.3 Å². The third-order valence-corrected chi connectivity index (χ3v) is 7.85. The minimum atomic E-state index is -4.42. The molecule has 2 heterocycles. The van der Waals surface area contributed by atoms with Gasteiger partial charge in [0.05, 0.1) is 12.2 Å². The Hall–Kier alpha value is -3.55. The zero-order valence-corrected chi connectivity index (χ0v) is 22.6. The number of carbonyl (C=O) groups excluding carboxylic acids is 2. The monoisotopic (exact) mass is 553 g/mol. The average molecular weight is 554 g/mol. The molecule has 2 aromatic rings.